The van der Waals surface area contributed by atoms with E-state index in [1.165, 1.54) is 11.3 Å². The molecule has 0 aliphatic heterocycles. The Morgan fingerprint density at radius 1 is 1.47 bits per heavy atom. The molecule has 1 atom stereocenters. The van der Waals surface area contributed by atoms with E-state index < -0.39 is 0 Å². The van der Waals surface area contributed by atoms with Gasteiger partial charge in [-0.15, -0.1) is 0 Å². The number of nitrogens with zero attached hydrogens (tertiary/aromatic N) is 2. The summed E-state index contributed by atoms with van der Waals surface area (Å²) in [5.74, 6) is 0.498. The Morgan fingerprint density at radius 3 is 2.53 bits per heavy atom. The van der Waals surface area contributed by atoms with Gasteiger partial charge in [-0.3, -0.25) is 4.68 Å². The molecule has 1 aromatic heterocycles. The molecule has 0 amide bonds. The Morgan fingerprint density at radius 2 is 2.07 bits per heavy atom. The minimum Gasteiger partial charge on any atom is -0.330 e. The fourth-order valence-corrected chi connectivity index (χ4v) is 1.86. The third-order valence-electron chi connectivity index (χ3n) is 2.70. The Kier molecular flexibility index (Phi) is 3.55. The van der Waals surface area contributed by atoms with E-state index in [-0.39, 0.29) is 5.41 Å². The Labute approximate surface area is 92.7 Å². The zero-order valence-corrected chi connectivity index (χ0v) is 10.5. The summed E-state index contributed by atoms with van der Waals surface area (Å²) >= 11 is 0. The van der Waals surface area contributed by atoms with Crippen molar-refractivity contribution in [2.24, 2.45) is 12.8 Å². The van der Waals surface area contributed by atoms with Crippen LogP contribution in [0, 0.1) is 0 Å². The van der Waals surface area contributed by atoms with Gasteiger partial charge < -0.3 is 5.73 Å². The van der Waals surface area contributed by atoms with Crippen molar-refractivity contribution < 1.29 is 0 Å². The van der Waals surface area contributed by atoms with Gasteiger partial charge in [-0.25, -0.2) is 0 Å². The van der Waals surface area contributed by atoms with Crippen LogP contribution in [0.15, 0.2) is 6.20 Å². The molecule has 1 aromatic rings. The highest BCUT2D eigenvalue weighted by molar-refractivity contribution is 5.27. The fraction of sp³-hybridized carbons (Fsp3) is 0.750. The summed E-state index contributed by atoms with van der Waals surface area (Å²) in [5.41, 5.74) is 8.26. The van der Waals surface area contributed by atoms with Crippen molar-refractivity contribution >= 4 is 0 Å². The van der Waals surface area contributed by atoms with Crippen LogP contribution in [0.2, 0.25) is 0 Å². The van der Waals surface area contributed by atoms with E-state index in [9.17, 15) is 0 Å². The molecule has 0 aliphatic carbocycles. The quantitative estimate of drug-likeness (QED) is 0.829. The van der Waals surface area contributed by atoms with Gasteiger partial charge in [0.25, 0.3) is 0 Å². The number of aromatic nitrogens is 2. The molecule has 0 saturated heterocycles. The Bertz CT molecular complexity index is 320. The average molecular weight is 209 g/mol. The second-order valence-electron chi connectivity index (χ2n) is 5.34. The maximum atomic E-state index is 5.61. The summed E-state index contributed by atoms with van der Waals surface area (Å²) in [4.78, 5) is 0. The third kappa shape index (κ3) is 2.81. The first-order chi connectivity index (χ1) is 6.86. The first-order valence-electron chi connectivity index (χ1n) is 5.60. The number of hydrogen-bond acceptors (Lipinski definition) is 2. The van der Waals surface area contributed by atoms with Crippen molar-refractivity contribution in [1.29, 1.82) is 0 Å². The Hall–Kier alpha value is -0.830. The van der Waals surface area contributed by atoms with Crippen molar-refractivity contribution in [2.45, 2.75) is 45.4 Å². The van der Waals surface area contributed by atoms with Gasteiger partial charge in [-0.2, -0.15) is 5.10 Å². The molecule has 15 heavy (non-hydrogen) atoms. The molecule has 3 heteroatoms. The van der Waals surface area contributed by atoms with E-state index in [4.69, 9.17) is 5.73 Å². The van der Waals surface area contributed by atoms with Crippen LogP contribution in [0.25, 0.3) is 0 Å². The first kappa shape index (κ1) is 12.2. The lowest BCUT2D eigenvalue weighted by Crippen LogP contribution is -2.16. The molecule has 0 spiro atoms. The number of nitrogens with two attached hydrogens (primary N) is 1. The molecular formula is C12H23N3. The van der Waals surface area contributed by atoms with Crippen LogP contribution in [0.4, 0.5) is 0 Å². The van der Waals surface area contributed by atoms with E-state index in [2.05, 4.69) is 39.0 Å². The van der Waals surface area contributed by atoms with Crippen molar-refractivity contribution in [3.63, 3.8) is 0 Å². The fourth-order valence-electron chi connectivity index (χ4n) is 1.86. The zero-order valence-electron chi connectivity index (χ0n) is 10.5. The van der Waals surface area contributed by atoms with Crippen LogP contribution in [-0.4, -0.2) is 16.3 Å². The van der Waals surface area contributed by atoms with Crippen LogP contribution in [0.3, 0.4) is 0 Å². The molecule has 3 nitrogen and oxygen atoms in total. The van der Waals surface area contributed by atoms with Gasteiger partial charge in [0.2, 0.25) is 0 Å². The SMILES string of the molecule is CC(CCN)c1cn(C)nc1C(C)(C)C. The lowest BCUT2D eigenvalue weighted by Gasteiger charge is -2.20. The van der Waals surface area contributed by atoms with E-state index in [0.29, 0.717) is 5.92 Å². The number of hydrogen-bond donors (Lipinski definition) is 1. The third-order valence-corrected chi connectivity index (χ3v) is 2.70. The molecule has 0 bridgehead atoms. The molecular weight excluding hydrogens is 186 g/mol. The van der Waals surface area contributed by atoms with Gasteiger partial charge in [-0.05, 0) is 24.4 Å². The molecule has 2 N–H and O–H groups in total. The average Bonchev–Trinajstić information content (AvgIpc) is 2.47. The minimum atomic E-state index is 0.111. The largest absolute Gasteiger partial charge is 0.330 e. The molecule has 0 fully saturated rings. The van der Waals surface area contributed by atoms with Crippen LogP contribution in [0.1, 0.15) is 51.3 Å². The molecule has 0 aromatic carbocycles. The second-order valence-corrected chi connectivity index (χ2v) is 5.34. The van der Waals surface area contributed by atoms with Gasteiger partial charge in [0.1, 0.15) is 0 Å². The van der Waals surface area contributed by atoms with E-state index in [0.717, 1.165) is 13.0 Å². The van der Waals surface area contributed by atoms with E-state index >= 15 is 0 Å². The van der Waals surface area contributed by atoms with Crippen LogP contribution in [0.5, 0.6) is 0 Å². The molecule has 0 saturated carbocycles. The summed E-state index contributed by atoms with van der Waals surface area (Å²) in [7, 11) is 1.98. The monoisotopic (exact) mass is 209 g/mol. The second kappa shape index (κ2) is 4.35. The minimum absolute atomic E-state index is 0.111. The van der Waals surface area contributed by atoms with E-state index in [1.54, 1.807) is 0 Å². The molecule has 0 aliphatic rings. The highest BCUT2D eigenvalue weighted by Crippen LogP contribution is 2.30. The predicted octanol–water partition coefficient (Wildman–Crippen LogP) is 2.17. The van der Waals surface area contributed by atoms with Gasteiger partial charge >= 0.3 is 0 Å². The van der Waals surface area contributed by atoms with Crippen molar-refractivity contribution in [3.8, 4) is 0 Å². The maximum Gasteiger partial charge on any atom is 0.0712 e. The highest BCUT2D eigenvalue weighted by atomic mass is 15.3. The van der Waals surface area contributed by atoms with Crippen LogP contribution in [-0.2, 0) is 12.5 Å². The lowest BCUT2D eigenvalue weighted by atomic mass is 9.85. The maximum absolute atomic E-state index is 5.61. The summed E-state index contributed by atoms with van der Waals surface area (Å²) in [6.45, 7) is 9.56. The van der Waals surface area contributed by atoms with Crippen LogP contribution < -0.4 is 5.73 Å². The summed E-state index contributed by atoms with van der Waals surface area (Å²) < 4.78 is 1.91. The number of aryl methyl sites for hydroxylation is 1. The van der Waals surface area contributed by atoms with E-state index in [1.807, 2.05) is 11.7 Å². The van der Waals surface area contributed by atoms with Gasteiger partial charge in [0.05, 0.1) is 5.69 Å². The van der Waals surface area contributed by atoms with Crippen molar-refractivity contribution in [1.82, 2.24) is 9.78 Å². The summed E-state index contributed by atoms with van der Waals surface area (Å²) in [6.07, 6.45) is 3.15. The highest BCUT2D eigenvalue weighted by Gasteiger charge is 2.24. The topological polar surface area (TPSA) is 43.8 Å². The summed E-state index contributed by atoms with van der Waals surface area (Å²) in [5, 5.41) is 4.56. The smallest absolute Gasteiger partial charge is 0.0712 e. The molecule has 0 radical (unpaired) electrons. The van der Waals surface area contributed by atoms with Gasteiger partial charge in [0.15, 0.2) is 0 Å². The molecule has 1 rings (SSSR count). The number of rotatable bonds is 3. The molecule has 86 valence electrons. The predicted molar refractivity (Wildman–Crippen MR) is 64.0 cm³/mol. The molecule has 1 heterocycles. The van der Waals surface area contributed by atoms with Crippen molar-refractivity contribution in [3.05, 3.63) is 17.5 Å². The first-order valence-corrected chi connectivity index (χ1v) is 5.60. The zero-order chi connectivity index (χ0) is 11.6. The normalized spacial score (nSPS) is 14.3. The molecule has 1 unspecified atom stereocenters. The Balaban J connectivity index is 3.06. The van der Waals surface area contributed by atoms with Crippen molar-refractivity contribution in [2.75, 3.05) is 6.54 Å². The van der Waals surface area contributed by atoms with Gasteiger partial charge in [-0.1, -0.05) is 27.7 Å². The van der Waals surface area contributed by atoms with Gasteiger partial charge in [0, 0.05) is 18.7 Å². The lowest BCUT2D eigenvalue weighted by molar-refractivity contribution is 0.540. The standard InChI is InChI=1S/C12H23N3/c1-9(6-7-13)10-8-15(5)14-11(10)12(2,3)4/h8-9H,6-7,13H2,1-5H3. The summed E-state index contributed by atoms with van der Waals surface area (Å²) in [6, 6.07) is 0. The van der Waals surface area contributed by atoms with Crippen LogP contribution >= 0.6 is 0 Å².